The van der Waals surface area contributed by atoms with Crippen LogP contribution in [-0.2, 0) is 0 Å². The van der Waals surface area contributed by atoms with Crippen molar-refractivity contribution >= 4 is 34.0 Å². The fraction of sp³-hybridized carbons (Fsp3) is 0. The van der Waals surface area contributed by atoms with Crippen molar-refractivity contribution in [1.82, 2.24) is 19.5 Å². The molecular formula is C47H30N4O. The second-order valence-electron chi connectivity index (χ2n) is 12.9. The number of hydrogen-bond acceptors (Lipinski definition) is 4. The zero-order valence-corrected chi connectivity index (χ0v) is 28.0. The standard InChI is InChI=1S/C47H30N4O/c1-3-14-32(15-4-1)45-48-46(33-16-5-2-6-17-33)50-47(49-45)36-20-11-18-34(29-36)35-19-12-21-37(30-35)51-41-23-9-8-22-38(41)39-27-28-43-40(44(39)51)26-25-31-13-7-10-24-42(31)52-43/h1-30H. The van der Waals surface area contributed by atoms with Gasteiger partial charge < -0.3 is 9.30 Å². The van der Waals surface area contributed by atoms with Gasteiger partial charge in [-0.05, 0) is 59.7 Å². The van der Waals surface area contributed by atoms with Crippen LogP contribution in [0.15, 0.2) is 170 Å². The summed E-state index contributed by atoms with van der Waals surface area (Å²) in [5.74, 6) is 3.60. The van der Waals surface area contributed by atoms with Crippen molar-refractivity contribution in [1.29, 1.82) is 0 Å². The average molecular weight is 667 g/mol. The van der Waals surface area contributed by atoms with Crippen molar-refractivity contribution < 1.29 is 4.74 Å². The maximum Gasteiger partial charge on any atom is 0.164 e. The largest absolute Gasteiger partial charge is 0.456 e. The Labute approximate surface area is 300 Å². The quantitative estimate of drug-likeness (QED) is 0.183. The molecule has 0 amide bonds. The highest BCUT2D eigenvalue weighted by molar-refractivity contribution is 6.13. The van der Waals surface area contributed by atoms with Gasteiger partial charge in [0.25, 0.3) is 0 Å². The van der Waals surface area contributed by atoms with Gasteiger partial charge in [-0.15, -0.1) is 0 Å². The third-order valence-electron chi connectivity index (χ3n) is 9.66. The fourth-order valence-electron chi connectivity index (χ4n) is 7.19. The lowest BCUT2D eigenvalue weighted by Crippen LogP contribution is -2.00. The Morgan fingerprint density at radius 3 is 1.77 bits per heavy atom. The minimum atomic E-state index is 0.628. The first kappa shape index (κ1) is 29.8. The molecule has 0 N–H and O–H groups in total. The van der Waals surface area contributed by atoms with E-state index < -0.39 is 0 Å². The van der Waals surface area contributed by atoms with Crippen LogP contribution in [0.25, 0.3) is 84.9 Å². The van der Waals surface area contributed by atoms with Gasteiger partial charge in [0.2, 0.25) is 0 Å². The first-order chi connectivity index (χ1) is 25.8. The first-order valence-electron chi connectivity index (χ1n) is 17.4. The fourth-order valence-corrected chi connectivity index (χ4v) is 7.19. The van der Waals surface area contributed by atoms with Crippen molar-refractivity contribution in [2.75, 3.05) is 0 Å². The topological polar surface area (TPSA) is 52.8 Å². The summed E-state index contributed by atoms with van der Waals surface area (Å²) in [5, 5.41) is 2.38. The van der Waals surface area contributed by atoms with E-state index in [1.807, 2.05) is 78.9 Å². The van der Waals surface area contributed by atoms with Gasteiger partial charge in [-0.25, -0.2) is 15.0 Å². The van der Waals surface area contributed by atoms with Crippen LogP contribution < -0.4 is 4.74 Å². The number of benzene rings is 7. The van der Waals surface area contributed by atoms with E-state index in [2.05, 4.69) is 108 Å². The number of rotatable bonds is 5. The molecule has 0 saturated heterocycles. The molecule has 1 aliphatic rings. The van der Waals surface area contributed by atoms with E-state index in [4.69, 9.17) is 19.7 Å². The second kappa shape index (κ2) is 12.3. The maximum atomic E-state index is 6.53. The Hall–Kier alpha value is -7.11. The van der Waals surface area contributed by atoms with Crippen LogP contribution in [0.4, 0.5) is 0 Å². The summed E-state index contributed by atoms with van der Waals surface area (Å²) < 4.78 is 8.89. The minimum Gasteiger partial charge on any atom is -0.456 e. The predicted octanol–water partition coefficient (Wildman–Crippen LogP) is 11.9. The molecule has 0 atom stereocenters. The lowest BCUT2D eigenvalue weighted by molar-refractivity contribution is 0.482. The van der Waals surface area contributed by atoms with Gasteiger partial charge in [-0.2, -0.15) is 0 Å². The van der Waals surface area contributed by atoms with E-state index in [1.54, 1.807) is 0 Å². The summed E-state index contributed by atoms with van der Waals surface area (Å²) in [6.07, 6.45) is 4.34. The summed E-state index contributed by atoms with van der Waals surface area (Å²) >= 11 is 0. The number of ether oxygens (including phenoxy) is 1. The van der Waals surface area contributed by atoms with Crippen LogP contribution >= 0.6 is 0 Å². The Kier molecular flexibility index (Phi) is 7.07. The highest BCUT2D eigenvalue weighted by Gasteiger charge is 2.20. The zero-order chi connectivity index (χ0) is 34.4. The van der Waals surface area contributed by atoms with E-state index >= 15 is 0 Å². The van der Waals surface area contributed by atoms with Gasteiger partial charge in [0.1, 0.15) is 11.5 Å². The molecule has 0 unspecified atom stereocenters. The maximum absolute atomic E-state index is 6.53. The highest BCUT2D eigenvalue weighted by atomic mass is 16.5. The number of fused-ring (bicyclic) bond motifs is 6. The van der Waals surface area contributed by atoms with E-state index in [0.29, 0.717) is 17.5 Å². The Balaban J connectivity index is 1.11. The van der Waals surface area contributed by atoms with Crippen molar-refractivity contribution in [3.63, 3.8) is 0 Å². The molecule has 0 saturated carbocycles. The molecule has 0 fully saturated rings. The van der Waals surface area contributed by atoms with Crippen molar-refractivity contribution in [3.8, 4) is 62.5 Å². The van der Waals surface area contributed by atoms with Gasteiger partial charge in [0.05, 0.1) is 11.0 Å². The lowest BCUT2D eigenvalue weighted by Gasteiger charge is -2.14. The molecule has 0 aliphatic carbocycles. The van der Waals surface area contributed by atoms with Crippen LogP contribution in [0.2, 0.25) is 0 Å². The van der Waals surface area contributed by atoms with Crippen LogP contribution in [0.5, 0.6) is 11.5 Å². The van der Waals surface area contributed by atoms with E-state index in [-0.39, 0.29) is 0 Å². The molecule has 5 heteroatoms. The minimum absolute atomic E-state index is 0.628. The van der Waals surface area contributed by atoms with Crippen molar-refractivity contribution in [3.05, 3.63) is 181 Å². The zero-order valence-electron chi connectivity index (χ0n) is 28.0. The SMILES string of the molecule is C1=Cc2c(ccc3c4ccccc4n(-c4cccc(-c5cccc(-c6nc(-c7ccccc7)nc(-c7ccccc7)n6)c5)c4)c23)Oc2ccccc21. The van der Waals surface area contributed by atoms with E-state index in [9.17, 15) is 0 Å². The molecule has 2 aromatic heterocycles. The molecule has 1 aliphatic heterocycles. The molecular weight excluding hydrogens is 637 g/mol. The molecule has 0 radical (unpaired) electrons. The van der Waals surface area contributed by atoms with Crippen LogP contribution in [0, 0.1) is 0 Å². The summed E-state index contributed by atoms with van der Waals surface area (Å²) in [6, 6.07) is 58.4. The monoisotopic (exact) mass is 666 g/mol. The highest BCUT2D eigenvalue weighted by Crippen LogP contribution is 2.42. The number of nitrogens with zero attached hydrogens (tertiary/aromatic N) is 4. The Morgan fingerprint density at radius 1 is 0.404 bits per heavy atom. The lowest BCUT2D eigenvalue weighted by atomic mass is 10.0. The summed E-state index contributed by atoms with van der Waals surface area (Å²) in [6.45, 7) is 0. The molecule has 3 heterocycles. The van der Waals surface area contributed by atoms with E-state index in [0.717, 1.165) is 67.2 Å². The molecule has 52 heavy (non-hydrogen) atoms. The Morgan fingerprint density at radius 2 is 1.00 bits per heavy atom. The smallest absolute Gasteiger partial charge is 0.164 e. The molecule has 0 spiro atoms. The normalized spacial score (nSPS) is 11.9. The van der Waals surface area contributed by atoms with Crippen LogP contribution in [-0.4, -0.2) is 19.5 Å². The molecule has 244 valence electrons. The van der Waals surface area contributed by atoms with Gasteiger partial charge in [0, 0.05) is 44.3 Å². The molecule has 0 bridgehead atoms. The third kappa shape index (κ3) is 5.15. The van der Waals surface area contributed by atoms with Crippen molar-refractivity contribution in [2.45, 2.75) is 0 Å². The third-order valence-corrected chi connectivity index (χ3v) is 9.66. The summed E-state index contributed by atoms with van der Waals surface area (Å²) in [4.78, 5) is 14.8. The van der Waals surface area contributed by atoms with Crippen LogP contribution in [0.1, 0.15) is 11.1 Å². The second-order valence-corrected chi connectivity index (χ2v) is 12.9. The molecule has 5 nitrogen and oxygen atoms in total. The number of aromatic nitrogens is 4. The van der Waals surface area contributed by atoms with Gasteiger partial charge in [0.15, 0.2) is 17.5 Å². The number of para-hydroxylation sites is 2. The van der Waals surface area contributed by atoms with Gasteiger partial charge in [-0.3, -0.25) is 0 Å². The molecule has 10 rings (SSSR count). The molecule has 9 aromatic rings. The number of hydrogen-bond donors (Lipinski definition) is 0. The predicted molar refractivity (Wildman–Crippen MR) is 211 cm³/mol. The van der Waals surface area contributed by atoms with Gasteiger partial charge >= 0.3 is 0 Å². The van der Waals surface area contributed by atoms with Crippen LogP contribution in [0.3, 0.4) is 0 Å². The van der Waals surface area contributed by atoms with Gasteiger partial charge in [-0.1, -0.05) is 133 Å². The average Bonchev–Trinajstić information content (AvgIpc) is 3.43. The van der Waals surface area contributed by atoms with Crippen molar-refractivity contribution in [2.24, 2.45) is 0 Å². The first-order valence-corrected chi connectivity index (χ1v) is 17.4. The van der Waals surface area contributed by atoms with E-state index in [1.165, 1.54) is 10.8 Å². The Bertz CT molecular complexity index is 2760. The summed E-state index contributed by atoms with van der Waals surface area (Å²) in [5.41, 5.74) is 10.4. The molecule has 7 aromatic carbocycles. The summed E-state index contributed by atoms with van der Waals surface area (Å²) in [7, 11) is 0.